The van der Waals surface area contributed by atoms with Gasteiger partial charge in [-0.25, -0.2) is 28.6 Å². The second kappa shape index (κ2) is 11.4. The predicted molar refractivity (Wildman–Crippen MR) is 126 cm³/mol. The monoisotopic (exact) mass is 565 g/mol. The number of fused-ring (bicyclic) bond motifs is 1. The number of aliphatic hydroxyl groups is 2. The van der Waals surface area contributed by atoms with Crippen molar-refractivity contribution in [3.8, 4) is 0 Å². The van der Waals surface area contributed by atoms with Crippen LogP contribution in [0.5, 0.6) is 0 Å². The molecule has 19 heteroatoms. The molecule has 2 amide bonds. The molecule has 3 unspecified atom stereocenters. The predicted octanol–water partition coefficient (Wildman–Crippen LogP) is 0.00550. The van der Waals surface area contributed by atoms with Gasteiger partial charge in [-0.05, 0) is 19.9 Å². The van der Waals surface area contributed by atoms with Crippen LogP contribution in [0.3, 0.4) is 0 Å². The molecule has 0 aromatic carbocycles. The number of aromatic nitrogens is 4. The minimum atomic E-state index is -5.00. The molecule has 6 atom stereocenters. The Hall–Kier alpha value is -2.04. The van der Waals surface area contributed by atoms with E-state index in [1.807, 2.05) is 0 Å². The molecule has 2 aromatic heterocycles. The number of carbonyl (C=O) groups is 1. The van der Waals surface area contributed by atoms with Crippen molar-refractivity contribution in [2.45, 2.75) is 56.3 Å². The van der Waals surface area contributed by atoms with Crippen LogP contribution in [0.2, 0.25) is 0 Å². The zero-order chi connectivity index (χ0) is 26.8. The highest BCUT2D eigenvalue weighted by Gasteiger charge is 2.46. The molecule has 7 N–H and O–H groups in total. The van der Waals surface area contributed by atoms with Gasteiger partial charge in [0.2, 0.25) is 0 Å². The lowest BCUT2D eigenvalue weighted by atomic mass is 10.1. The molecular formula is C18H29N7O10P2. The van der Waals surface area contributed by atoms with E-state index in [0.717, 1.165) is 25.7 Å². The Bertz CT molecular complexity index is 1210. The van der Waals surface area contributed by atoms with Crippen molar-refractivity contribution < 1.29 is 47.5 Å². The van der Waals surface area contributed by atoms with E-state index in [9.17, 15) is 33.9 Å². The van der Waals surface area contributed by atoms with Gasteiger partial charge in [-0.15, -0.1) is 0 Å². The third-order valence-electron chi connectivity index (χ3n) is 5.88. The van der Waals surface area contributed by atoms with Crippen molar-refractivity contribution >= 4 is 38.4 Å². The van der Waals surface area contributed by atoms with Gasteiger partial charge in [0.05, 0.1) is 19.2 Å². The first-order valence-electron chi connectivity index (χ1n) is 11.4. The minimum Gasteiger partial charge on any atom is -0.387 e. The highest BCUT2D eigenvalue weighted by atomic mass is 31.3. The minimum absolute atomic E-state index is 0.0878. The van der Waals surface area contributed by atoms with Gasteiger partial charge in [0.1, 0.15) is 24.6 Å². The Morgan fingerprint density at radius 2 is 1.92 bits per heavy atom. The number of amides is 2. The smallest absolute Gasteiger partial charge is 0.387 e. The molecule has 3 heterocycles. The number of urea groups is 1. The Balaban J connectivity index is 1.43. The van der Waals surface area contributed by atoms with Crippen LogP contribution in [-0.2, 0) is 22.7 Å². The van der Waals surface area contributed by atoms with E-state index in [1.54, 1.807) is 0 Å². The number of hydrogen-bond donors (Lipinski definition) is 7. The largest absolute Gasteiger partial charge is 0.479 e. The maximum atomic E-state index is 12.4. The molecule has 0 radical (unpaired) electrons. The molecule has 0 spiro atoms. The van der Waals surface area contributed by atoms with Crippen LogP contribution in [0.25, 0.3) is 11.2 Å². The number of ether oxygens (including phenoxy) is 1. The lowest BCUT2D eigenvalue weighted by Gasteiger charge is -2.19. The van der Waals surface area contributed by atoms with E-state index in [2.05, 4.69) is 35.2 Å². The average Bonchev–Trinajstić information content (AvgIpc) is 3.53. The molecule has 1 aliphatic carbocycles. The lowest BCUT2D eigenvalue weighted by molar-refractivity contribution is -0.0501. The van der Waals surface area contributed by atoms with Gasteiger partial charge in [-0.2, -0.15) is 0 Å². The van der Waals surface area contributed by atoms with Gasteiger partial charge in [-0.3, -0.25) is 19.0 Å². The number of aliphatic hydroxyl groups excluding tert-OH is 2. The summed E-state index contributed by atoms with van der Waals surface area (Å²) < 4.78 is 39.7. The number of phosphoric acid groups is 1. The molecule has 1 saturated carbocycles. The molecule has 2 aliphatic rings. The fourth-order valence-corrected chi connectivity index (χ4v) is 6.65. The highest BCUT2D eigenvalue weighted by Crippen LogP contribution is 2.59. The second-order valence-electron chi connectivity index (χ2n) is 8.67. The van der Waals surface area contributed by atoms with E-state index in [1.165, 1.54) is 24.3 Å². The van der Waals surface area contributed by atoms with Gasteiger partial charge in [0.25, 0.3) is 0 Å². The maximum Gasteiger partial charge on any atom is 0.479 e. The number of phosphoric ester groups is 1. The number of nitrogens with one attached hydrogen (secondary N) is 3. The summed E-state index contributed by atoms with van der Waals surface area (Å²) in [5.74, 6) is 0.125. The fourth-order valence-electron chi connectivity index (χ4n) is 4.21. The van der Waals surface area contributed by atoms with Gasteiger partial charge < -0.3 is 35.4 Å². The normalized spacial score (nSPS) is 27.7. The van der Waals surface area contributed by atoms with Crippen LogP contribution in [0.15, 0.2) is 12.7 Å². The van der Waals surface area contributed by atoms with Gasteiger partial charge in [-0.1, -0.05) is 12.8 Å². The Morgan fingerprint density at radius 3 is 2.62 bits per heavy atom. The first-order chi connectivity index (χ1) is 17.5. The van der Waals surface area contributed by atoms with Gasteiger partial charge in [0.15, 0.2) is 23.2 Å². The number of hydrogen-bond acceptors (Lipinski definition) is 12. The molecule has 1 aliphatic heterocycles. The van der Waals surface area contributed by atoms with Crippen molar-refractivity contribution in [3.63, 3.8) is 0 Å². The topological polar surface area (TPSA) is 240 Å². The van der Waals surface area contributed by atoms with Crippen LogP contribution < -0.4 is 16.0 Å². The summed E-state index contributed by atoms with van der Waals surface area (Å²) in [4.78, 5) is 44.0. The van der Waals surface area contributed by atoms with Crippen molar-refractivity contribution in [2.75, 3.05) is 25.3 Å². The summed E-state index contributed by atoms with van der Waals surface area (Å²) in [5.41, 5.74) is 0.374. The Labute approximate surface area is 210 Å². The quantitative estimate of drug-likeness (QED) is 0.188. The molecule has 2 aromatic rings. The Kier molecular flexibility index (Phi) is 8.60. The van der Waals surface area contributed by atoms with Crippen LogP contribution in [0.4, 0.5) is 10.6 Å². The molecule has 1 saturated heterocycles. The number of anilines is 1. The van der Waals surface area contributed by atoms with Crippen LogP contribution >= 0.6 is 15.4 Å². The molecule has 37 heavy (non-hydrogen) atoms. The van der Waals surface area contributed by atoms with Crippen molar-refractivity contribution in [3.05, 3.63) is 12.7 Å². The standard InChI is InChI=1S/C18H29N7O10P2/c1-19-9-36(29,30)35-37(31,32)33-6-11-13(26)14(27)17(34-11)25-8-22-12-15(20-7-21-16(12)25)24-18(28)23-10-4-2-3-5-10/h7-8,10-11,13-14,17,19,26-27H,2-6,9H2,1H3,(H,29,30)(H,31,32)(H2,20,21,23,24,28)/t11-,13?,14+,17-/m1/s1. The van der Waals surface area contributed by atoms with Crippen LogP contribution in [0, 0.1) is 0 Å². The Morgan fingerprint density at radius 1 is 1.19 bits per heavy atom. The molecule has 0 bridgehead atoms. The fraction of sp³-hybridized carbons (Fsp3) is 0.667. The highest BCUT2D eigenvalue weighted by molar-refractivity contribution is 7.63. The SMILES string of the molecule is CNCP(=O)(O)OP(=O)(O)OC[C@H]1O[C@@H](n2cnc3c(NC(=O)NC4CCCC4)ncnc32)[C@@H](O)C1O. The maximum absolute atomic E-state index is 12.4. The van der Waals surface area contributed by atoms with Crippen molar-refractivity contribution in [2.24, 2.45) is 0 Å². The van der Waals surface area contributed by atoms with E-state index >= 15 is 0 Å². The number of rotatable bonds is 10. The summed E-state index contributed by atoms with van der Waals surface area (Å²) in [7, 11) is -8.13. The molecule has 206 valence electrons. The lowest BCUT2D eigenvalue weighted by Crippen LogP contribution is -2.36. The molecular weight excluding hydrogens is 536 g/mol. The number of nitrogens with zero attached hydrogens (tertiary/aromatic N) is 4. The first kappa shape index (κ1) is 28.0. The third-order valence-corrected chi connectivity index (χ3v) is 8.92. The van der Waals surface area contributed by atoms with Gasteiger partial charge >= 0.3 is 21.4 Å². The van der Waals surface area contributed by atoms with E-state index < -0.39 is 58.9 Å². The van der Waals surface area contributed by atoms with E-state index in [0.29, 0.717) is 0 Å². The molecule has 2 fully saturated rings. The summed E-state index contributed by atoms with van der Waals surface area (Å²) >= 11 is 0. The van der Waals surface area contributed by atoms with Crippen LogP contribution in [0.1, 0.15) is 31.9 Å². The average molecular weight is 565 g/mol. The summed E-state index contributed by atoms with van der Waals surface area (Å²) in [6.07, 6.45) is 0.0940. The number of imidazole rings is 1. The zero-order valence-corrected chi connectivity index (χ0v) is 21.5. The third kappa shape index (κ3) is 6.70. The summed E-state index contributed by atoms with van der Waals surface area (Å²) in [5, 5.41) is 28.8. The number of carbonyl (C=O) groups excluding carboxylic acids is 1. The van der Waals surface area contributed by atoms with E-state index in [-0.39, 0.29) is 23.0 Å². The van der Waals surface area contributed by atoms with Crippen LogP contribution in [-0.4, -0.2) is 89.8 Å². The summed E-state index contributed by atoms with van der Waals surface area (Å²) in [6.45, 7) is -0.752. The van der Waals surface area contributed by atoms with E-state index in [4.69, 9.17) is 9.26 Å². The van der Waals surface area contributed by atoms with Gasteiger partial charge in [0, 0.05) is 6.04 Å². The summed E-state index contributed by atoms with van der Waals surface area (Å²) in [6, 6.07) is -0.353. The zero-order valence-electron chi connectivity index (χ0n) is 19.7. The first-order valence-corrected chi connectivity index (χ1v) is 14.7. The molecule has 17 nitrogen and oxygen atoms in total. The van der Waals surface area contributed by atoms with Crippen molar-refractivity contribution in [1.29, 1.82) is 0 Å². The second-order valence-corrected chi connectivity index (χ2v) is 12.1. The molecule has 4 rings (SSSR count). The van der Waals surface area contributed by atoms with Crippen molar-refractivity contribution in [1.82, 2.24) is 30.2 Å².